The number of carbonyl (C=O) groups is 3. The summed E-state index contributed by atoms with van der Waals surface area (Å²) in [6.07, 6.45) is -4.04. The Morgan fingerprint density at radius 1 is 0.957 bits per heavy atom. The number of halogens is 4. The van der Waals surface area contributed by atoms with E-state index in [1.165, 1.54) is 29.8 Å². The molecule has 0 bridgehead atoms. The minimum absolute atomic E-state index is 0.0658. The molecule has 0 radical (unpaired) electrons. The summed E-state index contributed by atoms with van der Waals surface area (Å²) in [5, 5.41) is 14.4. The quantitative estimate of drug-likeness (QED) is 0.371. The van der Waals surface area contributed by atoms with Gasteiger partial charge in [0.15, 0.2) is 11.5 Å². The maximum absolute atomic E-state index is 14.1. The van der Waals surface area contributed by atoms with E-state index < -0.39 is 11.9 Å². The van der Waals surface area contributed by atoms with Gasteiger partial charge >= 0.3 is 6.18 Å². The zero-order chi connectivity index (χ0) is 33.6. The Morgan fingerprint density at radius 2 is 1.66 bits per heavy atom. The van der Waals surface area contributed by atoms with Crippen LogP contribution in [-0.4, -0.2) is 98.2 Å². The second kappa shape index (κ2) is 12.7. The molecule has 3 atom stereocenters. The van der Waals surface area contributed by atoms with Crippen LogP contribution in [0.2, 0.25) is 0 Å². The van der Waals surface area contributed by atoms with E-state index in [1.807, 2.05) is 4.90 Å². The molecule has 0 spiro atoms. The van der Waals surface area contributed by atoms with Gasteiger partial charge in [-0.05, 0) is 61.9 Å². The Balaban J connectivity index is 1.06. The predicted octanol–water partition coefficient (Wildman–Crippen LogP) is 3.17. The first-order valence-electron chi connectivity index (χ1n) is 15.6. The zero-order valence-electron chi connectivity index (χ0n) is 26.3. The van der Waals surface area contributed by atoms with Gasteiger partial charge in [-0.1, -0.05) is 12.1 Å². The van der Waals surface area contributed by atoms with Gasteiger partial charge in [-0.2, -0.15) is 18.3 Å². The second-order valence-corrected chi connectivity index (χ2v) is 12.7. The van der Waals surface area contributed by atoms with Crippen molar-refractivity contribution in [2.24, 2.45) is 17.8 Å². The molecule has 3 amide bonds. The van der Waals surface area contributed by atoms with Crippen molar-refractivity contribution in [3.8, 4) is 5.82 Å². The van der Waals surface area contributed by atoms with Gasteiger partial charge in [-0.15, -0.1) is 10.2 Å². The molecule has 15 heteroatoms. The van der Waals surface area contributed by atoms with Gasteiger partial charge < -0.3 is 20.0 Å². The third-order valence-electron chi connectivity index (χ3n) is 9.51. The lowest BCUT2D eigenvalue weighted by Crippen LogP contribution is -2.55. The Kier molecular flexibility index (Phi) is 8.76. The van der Waals surface area contributed by atoms with Gasteiger partial charge in [0.1, 0.15) is 5.82 Å². The van der Waals surface area contributed by atoms with Crippen LogP contribution in [0.1, 0.15) is 52.4 Å². The molecule has 3 fully saturated rings. The number of rotatable bonds is 8. The molecule has 3 aliphatic heterocycles. The Bertz CT molecular complexity index is 1660. The number of nitrogens with zero attached hydrogens (tertiary/aromatic N) is 7. The number of amides is 3. The monoisotopic (exact) mass is 656 g/mol. The summed E-state index contributed by atoms with van der Waals surface area (Å²) in [7, 11) is 0. The van der Waals surface area contributed by atoms with Crippen molar-refractivity contribution in [3.63, 3.8) is 0 Å². The maximum Gasteiger partial charge on any atom is 0.435 e. The topological polar surface area (TPSA) is 117 Å². The first-order valence-corrected chi connectivity index (χ1v) is 15.6. The van der Waals surface area contributed by atoms with E-state index in [0.29, 0.717) is 61.7 Å². The van der Waals surface area contributed by atoms with E-state index >= 15 is 0 Å². The third kappa shape index (κ3) is 6.71. The number of nitrogens with one attached hydrogen (secondary N) is 1. The van der Waals surface area contributed by atoms with E-state index in [-0.39, 0.29) is 53.2 Å². The fraction of sp³-hybridized carbons (Fsp3) is 0.500. The molecule has 6 rings (SSSR count). The fourth-order valence-corrected chi connectivity index (χ4v) is 6.91. The summed E-state index contributed by atoms with van der Waals surface area (Å²) in [4.78, 5) is 43.9. The normalized spacial score (nSPS) is 20.7. The molecule has 3 aromatic rings. The molecular weight excluding hydrogens is 620 g/mol. The van der Waals surface area contributed by atoms with Crippen molar-refractivity contribution in [2.45, 2.75) is 39.4 Å². The standard InChI is InChI=1S/C32H36F4N8O3/c1-18-29(19(2)44(40-18)28-8-7-27(38-39-28)32(34,35)36)31(47)43-14-22-12-41(13-23(22)15-43)10-9-26(21-5-4-6-25(33)11-21)37-30(46)24-16-42(17-24)20(3)45/h4-8,11,22-24,26H,9-10,12-17H2,1-3H3,(H,37,46). The molecular formula is C32H36F4N8O3. The highest BCUT2D eigenvalue weighted by atomic mass is 19.4. The SMILES string of the molecule is CC(=O)N1CC(C(=O)NC(CCN2CC3CN(C(=O)c4c(C)nn(-c5ccc(C(F)(F)F)nn5)c4C)CC3C2)c2cccc(F)c2)C1. The summed E-state index contributed by atoms with van der Waals surface area (Å²) >= 11 is 0. The van der Waals surface area contributed by atoms with Crippen LogP contribution in [0.25, 0.3) is 5.82 Å². The molecule has 3 aliphatic rings. The molecule has 5 heterocycles. The molecule has 250 valence electrons. The number of hydrogen-bond donors (Lipinski definition) is 1. The van der Waals surface area contributed by atoms with E-state index in [2.05, 4.69) is 25.5 Å². The molecule has 1 aromatic carbocycles. The molecule has 11 nitrogen and oxygen atoms in total. The number of aryl methyl sites for hydroxylation is 1. The van der Waals surface area contributed by atoms with Gasteiger partial charge in [0.2, 0.25) is 11.8 Å². The first-order chi connectivity index (χ1) is 22.3. The molecule has 0 aliphatic carbocycles. The average molecular weight is 657 g/mol. The number of aromatic nitrogens is 4. The highest BCUT2D eigenvalue weighted by Gasteiger charge is 2.43. The van der Waals surface area contributed by atoms with Gasteiger partial charge in [-0.3, -0.25) is 14.4 Å². The summed E-state index contributed by atoms with van der Waals surface area (Å²) < 4.78 is 54.2. The van der Waals surface area contributed by atoms with Crippen LogP contribution >= 0.6 is 0 Å². The van der Waals surface area contributed by atoms with Crippen molar-refractivity contribution < 1.29 is 31.9 Å². The molecule has 2 aromatic heterocycles. The lowest BCUT2D eigenvalue weighted by molar-refractivity contribution is -0.142. The van der Waals surface area contributed by atoms with Crippen molar-refractivity contribution in [3.05, 3.63) is 70.4 Å². The van der Waals surface area contributed by atoms with Gasteiger partial charge in [0.05, 0.1) is 28.9 Å². The van der Waals surface area contributed by atoms with Crippen LogP contribution in [0.5, 0.6) is 0 Å². The summed E-state index contributed by atoms with van der Waals surface area (Å²) in [6.45, 7) is 8.93. The van der Waals surface area contributed by atoms with E-state index in [1.54, 1.807) is 30.9 Å². The van der Waals surface area contributed by atoms with Crippen LogP contribution < -0.4 is 5.32 Å². The Labute approximate surface area is 268 Å². The van der Waals surface area contributed by atoms with Crippen LogP contribution in [0.4, 0.5) is 17.6 Å². The summed E-state index contributed by atoms with van der Waals surface area (Å²) in [6, 6.07) is 7.85. The number of alkyl halides is 3. The number of benzene rings is 1. The van der Waals surface area contributed by atoms with Gasteiger partial charge in [-0.25, -0.2) is 9.07 Å². The number of likely N-dealkylation sites (tertiary alicyclic amines) is 3. The number of carbonyl (C=O) groups excluding carboxylic acids is 3. The van der Waals surface area contributed by atoms with Crippen LogP contribution in [0.15, 0.2) is 36.4 Å². The van der Waals surface area contributed by atoms with Crippen molar-refractivity contribution in [1.82, 2.24) is 40.0 Å². The lowest BCUT2D eigenvalue weighted by Gasteiger charge is -2.38. The van der Waals surface area contributed by atoms with Gasteiger partial charge in [0.25, 0.3) is 5.91 Å². The minimum atomic E-state index is -4.61. The number of hydrogen-bond acceptors (Lipinski definition) is 7. The highest BCUT2D eigenvalue weighted by molar-refractivity contribution is 5.96. The first kappa shape index (κ1) is 32.5. The smallest absolute Gasteiger partial charge is 0.349 e. The molecule has 47 heavy (non-hydrogen) atoms. The third-order valence-corrected chi connectivity index (χ3v) is 9.51. The van der Waals surface area contributed by atoms with Crippen LogP contribution in [-0.2, 0) is 15.8 Å². The molecule has 3 saturated heterocycles. The average Bonchev–Trinajstić information content (AvgIpc) is 3.64. The molecule has 3 unspecified atom stereocenters. The number of fused-ring (bicyclic) bond motifs is 1. The summed E-state index contributed by atoms with van der Waals surface area (Å²) in [5.41, 5.74) is 0.901. The van der Waals surface area contributed by atoms with Crippen LogP contribution in [0, 0.1) is 37.4 Å². The van der Waals surface area contributed by atoms with E-state index in [4.69, 9.17) is 0 Å². The molecule has 1 N–H and O–H groups in total. The largest absolute Gasteiger partial charge is 0.435 e. The predicted molar refractivity (Wildman–Crippen MR) is 161 cm³/mol. The lowest BCUT2D eigenvalue weighted by atomic mass is 9.97. The molecule has 0 saturated carbocycles. The summed E-state index contributed by atoms with van der Waals surface area (Å²) in [5.74, 6) is -0.461. The van der Waals surface area contributed by atoms with E-state index in [9.17, 15) is 31.9 Å². The fourth-order valence-electron chi connectivity index (χ4n) is 6.91. The van der Waals surface area contributed by atoms with Gasteiger partial charge in [0, 0.05) is 52.7 Å². The second-order valence-electron chi connectivity index (χ2n) is 12.7. The highest BCUT2D eigenvalue weighted by Crippen LogP contribution is 2.34. The van der Waals surface area contributed by atoms with Crippen molar-refractivity contribution in [1.29, 1.82) is 0 Å². The maximum atomic E-state index is 14.1. The van der Waals surface area contributed by atoms with E-state index in [0.717, 1.165) is 19.2 Å². The van der Waals surface area contributed by atoms with Crippen LogP contribution in [0.3, 0.4) is 0 Å². The van der Waals surface area contributed by atoms with Crippen molar-refractivity contribution >= 4 is 17.7 Å². The zero-order valence-corrected chi connectivity index (χ0v) is 26.3. The van der Waals surface area contributed by atoms with Crippen molar-refractivity contribution in [2.75, 3.05) is 45.8 Å². The Hall–Kier alpha value is -4.40. The minimum Gasteiger partial charge on any atom is -0.349 e. The Morgan fingerprint density at radius 3 is 2.26 bits per heavy atom.